The average Bonchev–Trinajstić information content (AvgIpc) is 2.53. The predicted molar refractivity (Wildman–Crippen MR) is 85.8 cm³/mol. The van der Waals surface area contributed by atoms with Crippen LogP contribution in [-0.2, 0) is 0 Å². The summed E-state index contributed by atoms with van der Waals surface area (Å²) < 4.78 is 5.26. The van der Waals surface area contributed by atoms with E-state index in [4.69, 9.17) is 11.2 Å². The van der Waals surface area contributed by atoms with E-state index in [0.29, 0.717) is 22.6 Å². The van der Waals surface area contributed by atoms with Crippen LogP contribution >= 0.6 is 0 Å². The molecule has 0 bridgehead atoms. The lowest BCUT2D eigenvalue weighted by atomic mass is 10.1. The van der Waals surface area contributed by atoms with Gasteiger partial charge in [0.15, 0.2) is 0 Å². The van der Waals surface area contributed by atoms with E-state index in [9.17, 15) is 9.90 Å². The number of hydrogen-bond acceptors (Lipinski definition) is 3. The van der Waals surface area contributed by atoms with Gasteiger partial charge in [-0.3, -0.25) is 4.79 Å². The number of nitrogens with one attached hydrogen (secondary N) is 1. The van der Waals surface area contributed by atoms with Gasteiger partial charge in [-0.15, -0.1) is 6.42 Å². The van der Waals surface area contributed by atoms with Crippen molar-refractivity contribution in [2.45, 2.75) is 13.0 Å². The molecule has 2 aromatic rings. The van der Waals surface area contributed by atoms with Crippen LogP contribution in [0.1, 0.15) is 28.9 Å². The first-order valence-electron chi connectivity index (χ1n) is 6.86. The van der Waals surface area contributed by atoms with E-state index in [1.807, 2.05) is 6.07 Å². The second kappa shape index (κ2) is 7.30. The molecule has 0 aliphatic carbocycles. The van der Waals surface area contributed by atoms with Gasteiger partial charge in [-0.25, -0.2) is 0 Å². The Hall–Kier alpha value is -2.77. The third-order valence-corrected chi connectivity index (χ3v) is 3.10. The minimum atomic E-state index is -0.656. The Morgan fingerprint density at radius 2 is 1.95 bits per heavy atom. The summed E-state index contributed by atoms with van der Waals surface area (Å²) in [4.78, 5) is 12.2. The van der Waals surface area contributed by atoms with Gasteiger partial charge in [0.05, 0.1) is 6.10 Å². The van der Waals surface area contributed by atoms with Crippen LogP contribution < -0.4 is 10.1 Å². The number of hydrogen-bond donors (Lipinski definition) is 2. The summed E-state index contributed by atoms with van der Waals surface area (Å²) in [5.74, 6) is 2.73. The van der Waals surface area contributed by atoms with Crippen molar-refractivity contribution in [1.82, 2.24) is 0 Å². The highest BCUT2D eigenvalue weighted by Crippen LogP contribution is 2.23. The molecule has 0 radical (unpaired) electrons. The molecule has 0 fully saturated rings. The second-order valence-corrected chi connectivity index (χ2v) is 4.73. The summed E-state index contributed by atoms with van der Waals surface area (Å²) in [5, 5.41) is 12.5. The maximum atomic E-state index is 12.2. The number of anilines is 1. The lowest BCUT2D eigenvalue weighted by molar-refractivity contribution is 0.102. The number of carbonyl (C=O) groups excluding carboxylic acids is 1. The molecule has 2 aromatic carbocycles. The molecule has 4 heteroatoms. The Balaban J connectivity index is 2.11. The quantitative estimate of drug-likeness (QED) is 0.834. The third kappa shape index (κ3) is 3.87. The first kappa shape index (κ1) is 15.6. The van der Waals surface area contributed by atoms with E-state index in [2.05, 4.69) is 11.2 Å². The van der Waals surface area contributed by atoms with Crippen LogP contribution in [0.25, 0.3) is 0 Å². The van der Waals surface area contributed by atoms with Crippen LogP contribution in [0.5, 0.6) is 5.75 Å². The molecule has 0 heterocycles. The van der Waals surface area contributed by atoms with Gasteiger partial charge in [-0.2, -0.15) is 0 Å². The van der Waals surface area contributed by atoms with Crippen molar-refractivity contribution in [2.24, 2.45) is 0 Å². The number of para-hydroxylation sites is 1. The number of amides is 1. The molecule has 0 saturated heterocycles. The minimum absolute atomic E-state index is 0.188. The van der Waals surface area contributed by atoms with Crippen molar-refractivity contribution in [2.75, 3.05) is 11.9 Å². The molecule has 0 spiro atoms. The zero-order valence-corrected chi connectivity index (χ0v) is 12.2. The van der Waals surface area contributed by atoms with E-state index in [-0.39, 0.29) is 12.5 Å². The summed E-state index contributed by atoms with van der Waals surface area (Å²) in [6, 6.07) is 13.8. The molecule has 2 rings (SSSR count). The smallest absolute Gasteiger partial charge is 0.255 e. The van der Waals surface area contributed by atoms with E-state index in [0.717, 1.165) is 0 Å². The number of benzene rings is 2. The standard InChI is InChI=1S/C18H17NO3/c1-3-12-22-15-10-8-14(9-11-15)18(21)19-17-7-5-4-6-16(17)13(2)20/h1,4-11,13,20H,12H2,2H3,(H,19,21). The Morgan fingerprint density at radius 3 is 2.59 bits per heavy atom. The second-order valence-electron chi connectivity index (χ2n) is 4.73. The fourth-order valence-electron chi connectivity index (χ4n) is 2.00. The largest absolute Gasteiger partial charge is 0.481 e. The number of aliphatic hydroxyl groups is 1. The van der Waals surface area contributed by atoms with Crippen molar-refractivity contribution in [3.8, 4) is 18.1 Å². The topological polar surface area (TPSA) is 58.6 Å². The lowest BCUT2D eigenvalue weighted by Gasteiger charge is -2.13. The van der Waals surface area contributed by atoms with Gasteiger partial charge < -0.3 is 15.2 Å². The van der Waals surface area contributed by atoms with Gasteiger partial charge in [-0.05, 0) is 37.3 Å². The molecular formula is C18H17NO3. The van der Waals surface area contributed by atoms with Gasteiger partial charge >= 0.3 is 0 Å². The normalized spacial score (nSPS) is 11.3. The summed E-state index contributed by atoms with van der Waals surface area (Å²) in [6.07, 6.45) is 4.46. The molecule has 0 aromatic heterocycles. The average molecular weight is 295 g/mol. The summed E-state index contributed by atoms with van der Waals surface area (Å²) in [6.45, 7) is 1.84. The van der Waals surface area contributed by atoms with E-state index >= 15 is 0 Å². The molecule has 1 amide bonds. The maximum absolute atomic E-state index is 12.2. The van der Waals surface area contributed by atoms with Crippen LogP contribution in [0.3, 0.4) is 0 Å². The molecule has 22 heavy (non-hydrogen) atoms. The third-order valence-electron chi connectivity index (χ3n) is 3.10. The molecule has 0 saturated carbocycles. The summed E-state index contributed by atoms with van der Waals surface area (Å²) in [5.41, 5.74) is 1.76. The molecular weight excluding hydrogens is 278 g/mol. The first-order valence-corrected chi connectivity index (χ1v) is 6.86. The Labute approximate surface area is 129 Å². The number of terminal acetylenes is 1. The van der Waals surface area contributed by atoms with Crippen molar-refractivity contribution in [3.05, 3.63) is 59.7 Å². The van der Waals surface area contributed by atoms with Crippen molar-refractivity contribution in [1.29, 1.82) is 0 Å². The molecule has 2 N–H and O–H groups in total. The highest BCUT2D eigenvalue weighted by Gasteiger charge is 2.11. The SMILES string of the molecule is C#CCOc1ccc(C(=O)Nc2ccccc2C(C)O)cc1. The van der Waals surface area contributed by atoms with Gasteiger partial charge in [0.1, 0.15) is 12.4 Å². The van der Waals surface area contributed by atoms with E-state index in [1.54, 1.807) is 49.4 Å². The lowest BCUT2D eigenvalue weighted by Crippen LogP contribution is -2.13. The molecule has 112 valence electrons. The first-order chi connectivity index (χ1) is 10.6. The Kier molecular flexibility index (Phi) is 5.18. The van der Waals surface area contributed by atoms with Gasteiger partial charge in [-0.1, -0.05) is 24.1 Å². The summed E-state index contributed by atoms with van der Waals surface area (Å²) >= 11 is 0. The van der Waals surface area contributed by atoms with Gasteiger partial charge in [0.2, 0.25) is 0 Å². The molecule has 1 atom stereocenters. The number of carbonyl (C=O) groups is 1. The molecule has 0 aliphatic heterocycles. The minimum Gasteiger partial charge on any atom is -0.481 e. The van der Waals surface area contributed by atoms with Gasteiger partial charge in [0.25, 0.3) is 5.91 Å². The van der Waals surface area contributed by atoms with Gasteiger partial charge in [0, 0.05) is 16.8 Å². The predicted octanol–water partition coefficient (Wildman–Crippen LogP) is 3.00. The van der Waals surface area contributed by atoms with E-state index < -0.39 is 6.10 Å². The number of ether oxygens (including phenoxy) is 1. The van der Waals surface area contributed by atoms with Crippen LogP contribution in [0.2, 0.25) is 0 Å². The van der Waals surface area contributed by atoms with Crippen LogP contribution in [-0.4, -0.2) is 17.6 Å². The maximum Gasteiger partial charge on any atom is 0.255 e. The number of rotatable bonds is 5. The highest BCUT2D eigenvalue weighted by molar-refractivity contribution is 6.04. The van der Waals surface area contributed by atoms with Crippen LogP contribution in [0.4, 0.5) is 5.69 Å². The van der Waals surface area contributed by atoms with Crippen LogP contribution in [0, 0.1) is 12.3 Å². The molecule has 0 aliphatic rings. The fourth-order valence-corrected chi connectivity index (χ4v) is 2.00. The van der Waals surface area contributed by atoms with Crippen molar-refractivity contribution >= 4 is 11.6 Å². The van der Waals surface area contributed by atoms with Crippen molar-refractivity contribution < 1.29 is 14.6 Å². The Morgan fingerprint density at radius 1 is 1.27 bits per heavy atom. The van der Waals surface area contributed by atoms with E-state index in [1.165, 1.54) is 0 Å². The van der Waals surface area contributed by atoms with Crippen LogP contribution in [0.15, 0.2) is 48.5 Å². The Bertz CT molecular complexity index is 684. The summed E-state index contributed by atoms with van der Waals surface area (Å²) in [7, 11) is 0. The van der Waals surface area contributed by atoms with Crippen molar-refractivity contribution in [3.63, 3.8) is 0 Å². The fraction of sp³-hybridized carbons (Fsp3) is 0.167. The monoisotopic (exact) mass is 295 g/mol. The number of aliphatic hydroxyl groups excluding tert-OH is 1. The molecule has 4 nitrogen and oxygen atoms in total. The molecule has 1 unspecified atom stereocenters. The zero-order valence-electron chi connectivity index (χ0n) is 12.2. The zero-order chi connectivity index (χ0) is 15.9. The highest BCUT2D eigenvalue weighted by atomic mass is 16.5.